The Kier molecular flexibility index (Phi) is 5.50. The SMILES string of the molecule is C[C@H](Oc1ccc(S(C)(=O)=O)cc1C(=O)N1CC2CC2(c2nc(C3(C(F)(F)F)CC3)no2)C1)C(C)(F)F. The first-order valence-electron chi connectivity index (χ1n) is 11.6. The highest BCUT2D eigenvalue weighted by Gasteiger charge is 2.69. The smallest absolute Gasteiger partial charge is 0.401 e. The van der Waals surface area contributed by atoms with E-state index in [1.165, 1.54) is 11.0 Å². The average molecular weight is 550 g/mol. The molecule has 3 fully saturated rings. The molecule has 5 rings (SSSR count). The third-order valence-corrected chi connectivity index (χ3v) is 8.74. The van der Waals surface area contributed by atoms with E-state index >= 15 is 0 Å². The molecule has 2 heterocycles. The zero-order valence-electron chi connectivity index (χ0n) is 20.1. The molecular weight excluding hydrogens is 525 g/mol. The van der Waals surface area contributed by atoms with Crippen molar-refractivity contribution in [1.82, 2.24) is 15.0 Å². The largest absolute Gasteiger partial charge is 0.484 e. The number of rotatable bonds is 7. The first kappa shape index (κ1) is 25.9. The number of carbonyl (C=O) groups is 1. The van der Waals surface area contributed by atoms with Gasteiger partial charge in [0.25, 0.3) is 11.8 Å². The van der Waals surface area contributed by atoms with E-state index in [1.807, 2.05) is 0 Å². The number of carbonyl (C=O) groups excluding carboxylic acids is 1. The molecule has 0 bridgehead atoms. The van der Waals surface area contributed by atoms with Gasteiger partial charge in [-0.05, 0) is 50.3 Å². The van der Waals surface area contributed by atoms with Crippen molar-refractivity contribution in [2.24, 2.45) is 5.92 Å². The molecule has 37 heavy (non-hydrogen) atoms. The molecule has 0 spiro atoms. The second-order valence-corrected chi connectivity index (χ2v) is 12.4. The summed E-state index contributed by atoms with van der Waals surface area (Å²) in [5.74, 6) is -4.63. The number of likely N-dealkylation sites (tertiary alicyclic amines) is 1. The van der Waals surface area contributed by atoms with Crippen LogP contribution in [0.15, 0.2) is 27.6 Å². The quantitative estimate of drug-likeness (QED) is 0.483. The minimum absolute atomic E-state index is 0.0268. The molecule has 1 amide bonds. The van der Waals surface area contributed by atoms with Crippen LogP contribution in [0.2, 0.25) is 0 Å². The molecule has 2 unspecified atom stereocenters. The summed E-state index contributed by atoms with van der Waals surface area (Å²) in [6.07, 6.45) is -4.87. The lowest BCUT2D eigenvalue weighted by atomic mass is 10.0. The summed E-state index contributed by atoms with van der Waals surface area (Å²) in [4.78, 5) is 18.7. The number of hydrogen-bond acceptors (Lipinski definition) is 7. The van der Waals surface area contributed by atoms with Crippen molar-refractivity contribution in [3.8, 4) is 5.75 Å². The lowest BCUT2D eigenvalue weighted by molar-refractivity contribution is -0.162. The highest BCUT2D eigenvalue weighted by atomic mass is 32.2. The Bertz CT molecular complexity index is 1370. The van der Waals surface area contributed by atoms with E-state index in [9.17, 15) is 35.2 Å². The van der Waals surface area contributed by atoms with Crippen LogP contribution >= 0.6 is 0 Å². The number of hydrogen-bond donors (Lipinski definition) is 0. The van der Waals surface area contributed by atoms with Crippen LogP contribution in [0.3, 0.4) is 0 Å². The van der Waals surface area contributed by atoms with Gasteiger partial charge in [0.05, 0.1) is 15.9 Å². The van der Waals surface area contributed by atoms with E-state index in [0.29, 0.717) is 13.3 Å². The number of benzene rings is 1. The van der Waals surface area contributed by atoms with Gasteiger partial charge in [-0.2, -0.15) is 18.2 Å². The number of ether oxygens (including phenoxy) is 1. The van der Waals surface area contributed by atoms with Crippen molar-refractivity contribution in [1.29, 1.82) is 0 Å². The van der Waals surface area contributed by atoms with Crippen molar-refractivity contribution in [3.63, 3.8) is 0 Å². The number of aromatic nitrogens is 2. The monoisotopic (exact) mass is 549 g/mol. The molecule has 202 valence electrons. The number of fused-ring (bicyclic) bond motifs is 1. The molecular formula is C23H24F5N3O5S. The third-order valence-electron chi connectivity index (χ3n) is 7.63. The Morgan fingerprint density at radius 2 is 1.92 bits per heavy atom. The van der Waals surface area contributed by atoms with Crippen LogP contribution in [-0.4, -0.2) is 66.9 Å². The van der Waals surface area contributed by atoms with Crippen LogP contribution in [0.5, 0.6) is 5.75 Å². The van der Waals surface area contributed by atoms with Crippen molar-refractivity contribution in [2.75, 3.05) is 19.3 Å². The van der Waals surface area contributed by atoms with Gasteiger partial charge in [0, 0.05) is 26.3 Å². The van der Waals surface area contributed by atoms with Gasteiger partial charge in [0.15, 0.2) is 21.8 Å². The summed E-state index contributed by atoms with van der Waals surface area (Å²) >= 11 is 0. The number of piperidine rings is 1. The molecule has 2 aliphatic carbocycles. The molecule has 1 aromatic heterocycles. The minimum Gasteiger partial charge on any atom is -0.484 e. The van der Waals surface area contributed by atoms with E-state index in [1.54, 1.807) is 0 Å². The van der Waals surface area contributed by atoms with E-state index in [4.69, 9.17) is 9.26 Å². The fourth-order valence-electron chi connectivity index (χ4n) is 4.82. The summed E-state index contributed by atoms with van der Waals surface area (Å²) in [7, 11) is -3.73. The minimum atomic E-state index is -4.50. The maximum atomic E-state index is 13.8. The lowest BCUT2D eigenvalue weighted by Crippen LogP contribution is -2.35. The van der Waals surface area contributed by atoms with E-state index in [0.717, 1.165) is 25.3 Å². The lowest BCUT2D eigenvalue weighted by Gasteiger charge is -2.25. The van der Waals surface area contributed by atoms with Gasteiger partial charge in [0.1, 0.15) is 11.2 Å². The van der Waals surface area contributed by atoms with Crippen molar-refractivity contribution in [3.05, 3.63) is 35.5 Å². The fourth-order valence-corrected chi connectivity index (χ4v) is 5.47. The molecule has 1 saturated heterocycles. The van der Waals surface area contributed by atoms with Crippen molar-refractivity contribution < 1.29 is 44.4 Å². The van der Waals surface area contributed by atoms with Crippen molar-refractivity contribution in [2.45, 2.75) is 67.0 Å². The van der Waals surface area contributed by atoms with Gasteiger partial charge in [-0.25, -0.2) is 17.2 Å². The van der Waals surface area contributed by atoms with Crippen LogP contribution in [-0.2, 0) is 20.7 Å². The molecule has 0 radical (unpaired) electrons. The molecule has 3 aliphatic rings. The predicted octanol–water partition coefficient (Wildman–Crippen LogP) is 3.90. The second-order valence-electron chi connectivity index (χ2n) is 10.4. The maximum Gasteiger partial charge on any atom is 0.401 e. The second kappa shape index (κ2) is 7.87. The summed E-state index contributed by atoms with van der Waals surface area (Å²) < 4.78 is 103. The van der Waals surface area contributed by atoms with E-state index < -0.39 is 50.6 Å². The maximum absolute atomic E-state index is 13.8. The first-order chi connectivity index (χ1) is 17.0. The zero-order chi connectivity index (χ0) is 27.2. The Morgan fingerprint density at radius 3 is 2.49 bits per heavy atom. The Balaban J connectivity index is 1.41. The fraction of sp³-hybridized carbons (Fsp3) is 0.609. The van der Waals surface area contributed by atoms with Gasteiger partial charge < -0.3 is 14.2 Å². The van der Waals surface area contributed by atoms with Gasteiger partial charge >= 0.3 is 6.18 Å². The van der Waals surface area contributed by atoms with Crippen molar-refractivity contribution >= 4 is 15.7 Å². The normalized spacial score (nSPS) is 25.5. The first-order valence-corrected chi connectivity index (χ1v) is 13.5. The van der Waals surface area contributed by atoms with E-state index in [-0.39, 0.29) is 53.9 Å². The molecule has 2 aromatic rings. The molecule has 1 aliphatic heterocycles. The molecule has 3 atom stereocenters. The number of nitrogens with zero attached hydrogens (tertiary/aromatic N) is 3. The molecule has 1 aromatic carbocycles. The average Bonchev–Trinajstić information content (AvgIpc) is 3.63. The molecule has 14 heteroatoms. The van der Waals surface area contributed by atoms with Crippen LogP contribution in [0.4, 0.5) is 22.0 Å². The summed E-state index contributed by atoms with van der Waals surface area (Å²) in [6.45, 7) is 2.02. The Morgan fingerprint density at radius 1 is 1.24 bits per heavy atom. The van der Waals surface area contributed by atoms with Crippen LogP contribution in [0, 0.1) is 5.92 Å². The predicted molar refractivity (Wildman–Crippen MR) is 117 cm³/mol. The van der Waals surface area contributed by atoms with Gasteiger partial charge in [-0.15, -0.1) is 0 Å². The standard InChI is InChI=1S/C23H24F5N3O5S/c1-12(20(2,24)25)35-16-5-4-14(37(3,33)34)8-15(16)17(32)31-10-13-9-21(13,11-31)19-29-18(30-36-19)22(6-7-22)23(26,27)28/h4-5,8,12-13H,6-7,9-11H2,1-3H3/t12-,13?,21?/m0/s1. The molecule has 2 saturated carbocycles. The Hall–Kier alpha value is -2.77. The molecule has 8 nitrogen and oxygen atoms in total. The highest BCUT2D eigenvalue weighted by molar-refractivity contribution is 7.90. The van der Waals surface area contributed by atoms with Gasteiger partial charge in [-0.3, -0.25) is 4.79 Å². The van der Waals surface area contributed by atoms with Gasteiger partial charge in [0.2, 0.25) is 5.89 Å². The summed E-state index contributed by atoms with van der Waals surface area (Å²) in [5.41, 5.74) is -3.11. The van der Waals surface area contributed by atoms with Crippen LogP contribution in [0.1, 0.15) is 55.2 Å². The zero-order valence-corrected chi connectivity index (χ0v) is 20.9. The van der Waals surface area contributed by atoms with Crippen LogP contribution < -0.4 is 4.74 Å². The third kappa shape index (κ3) is 4.26. The van der Waals surface area contributed by atoms with Crippen LogP contribution in [0.25, 0.3) is 0 Å². The van der Waals surface area contributed by atoms with Gasteiger partial charge in [-0.1, -0.05) is 5.16 Å². The Labute approximate surface area is 209 Å². The number of halogens is 5. The topological polar surface area (TPSA) is 103 Å². The number of sulfone groups is 1. The molecule has 0 N–H and O–H groups in total. The highest BCUT2D eigenvalue weighted by Crippen LogP contribution is 2.61. The van der Waals surface area contributed by atoms with E-state index in [2.05, 4.69) is 10.1 Å². The summed E-state index contributed by atoms with van der Waals surface area (Å²) in [6, 6.07) is 3.41. The number of alkyl halides is 5. The number of amides is 1. The summed E-state index contributed by atoms with van der Waals surface area (Å²) in [5, 5.41) is 3.60.